The molecule has 0 bridgehead atoms. The Morgan fingerprint density at radius 1 is 1.03 bits per heavy atom. The number of pyridine rings is 2. The number of aliphatic hydroxyl groups is 1. The van der Waals surface area contributed by atoms with E-state index in [-0.39, 0.29) is 19.1 Å². The Hall–Kier alpha value is -4.44. The summed E-state index contributed by atoms with van der Waals surface area (Å²) in [6.07, 6.45) is 1.08. The third-order valence-corrected chi connectivity index (χ3v) is 5.36. The number of hydrogen-bond acceptors (Lipinski definition) is 7. The molecule has 0 aliphatic carbocycles. The van der Waals surface area contributed by atoms with Gasteiger partial charge in [0.05, 0.1) is 42.0 Å². The topological polar surface area (TPSA) is 124 Å². The fourth-order valence-electron chi connectivity index (χ4n) is 3.89. The highest BCUT2D eigenvalue weighted by atomic mass is 19.1. The van der Waals surface area contributed by atoms with E-state index in [0.717, 1.165) is 11.8 Å². The van der Waals surface area contributed by atoms with Crippen molar-refractivity contribution in [2.45, 2.75) is 20.1 Å². The van der Waals surface area contributed by atoms with Gasteiger partial charge in [-0.3, -0.25) is 9.97 Å². The summed E-state index contributed by atoms with van der Waals surface area (Å²) in [5, 5.41) is 14.3. The highest BCUT2D eigenvalue weighted by molar-refractivity contribution is 5.90. The van der Waals surface area contributed by atoms with Crippen molar-refractivity contribution in [3.05, 3.63) is 94.2 Å². The molecule has 0 saturated heterocycles. The summed E-state index contributed by atoms with van der Waals surface area (Å²) in [4.78, 5) is 26.2. The van der Waals surface area contributed by atoms with E-state index in [0.29, 0.717) is 39.5 Å². The zero-order valence-electron chi connectivity index (χ0n) is 18.2. The molecule has 0 radical (unpaired) electrons. The maximum atomic E-state index is 13.3. The Morgan fingerprint density at radius 2 is 1.82 bits per heavy atom. The first kappa shape index (κ1) is 21.4. The third kappa shape index (κ3) is 3.80. The van der Waals surface area contributed by atoms with Crippen LogP contribution in [-0.2, 0) is 13.2 Å². The smallest absolute Gasteiger partial charge is 0.353 e. The van der Waals surface area contributed by atoms with Gasteiger partial charge in [0.15, 0.2) is 5.65 Å². The molecule has 4 heterocycles. The molecule has 0 aliphatic rings. The van der Waals surface area contributed by atoms with Crippen LogP contribution in [0.25, 0.3) is 28.0 Å². The largest absolute Gasteiger partial charge is 0.390 e. The van der Waals surface area contributed by atoms with Gasteiger partial charge in [-0.25, -0.2) is 23.3 Å². The fraction of sp³-hybridized carbons (Fsp3) is 0.125. The Labute approximate surface area is 193 Å². The normalized spacial score (nSPS) is 11.3. The molecule has 10 heteroatoms. The second-order valence-electron chi connectivity index (χ2n) is 7.77. The molecule has 0 fully saturated rings. The minimum Gasteiger partial charge on any atom is -0.390 e. The van der Waals surface area contributed by atoms with E-state index in [4.69, 9.17) is 5.73 Å². The Balaban J connectivity index is 1.81. The average Bonchev–Trinajstić information content (AvgIpc) is 3.16. The number of aryl methyl sites for hydroxylation is 1. The summed E-state index contributed by atoms with van der Waals surface area (Å²) in [6.45, 7) is 1.60. The van der Waals surface area contributed by atoms with Gasteiger partial charge in [-0.05, 0) is 36.8 Å². The first-order valence-electron chi connectivity index (χ1n) is 10.5. The summed E-state index contributed by atoms with van der Waals surface area (Å²) >= 11 is 0. The van der Waals surface area contributed by atoms with E-state index in [9.17, 15) is 14.3 Å². The zero-order chi connectivity index (χ0) is 23.8. The quantitative estimate of drug-likeness (QED) is 0.416. The fourth-order valence-corrected chi connectivity index (χ4v) is 3.89. The van der Waals surface area contributed by atoms with Crippen LogP contribution in [0.4, 0.5) is 10.3 Å². The Bertz CT molecular complexity index is 1560. The first-order chi connectivity index (χ1) is 16.4. The molecule has 5 aromatic rings. The van der Waals surface area contributed by atoms with Crippen molar-refractivity contribution < 1.29 is 9.50 Å². The number of halogens is 1. The molecule has 1 aromatic carbocycles. The Kier molecular flexibility index (Phi) is 5.34. The summed E-state index contributed by atoms with van der Waals surface area (Å²) in [6, 6.07) is 15.8. The van der Waals surface area contributed by atoms with Crippen LogP contribution in [-0.4, -0.2) is 34.2 Å². The molecular weight excluding hydrogens is 437 g/mol. The van der Waals surface area contributed by atoms with Crippen LogP contribution in [0.2, 0.25) is 0 Å². The highest BCUT2D eigenvalue weighted by Gasteiger charge is 2.22. The van der Waals surface area contributed by atoms with Crippen LogP contribution in [0.3, 0.4) is 0 Å². The van der Waals surface area contributed by atoms with Crippen molar-refractivity contribution in [3.63, 3.8) is 0 Å². The number of nitrogens with zero attached hydrogens (tertiary/aromatic N) is 6. The van der Waals surface area contributed by atoms with Gasteiger partial charge in [0.25, 0.3) is 0 Å². The first-order valence-corrected chi connectivity index (χ1v) is 10.5. The molecule has 34 heavy (non-hydrogen) atoms. The van der Waals surface area contributed by atoms with Crippen molar-refractivity contribution in [1.82, 2.24) is 29.1 Å². The SMILES string of the molecule is Cc1cc(-c2c(-c3ccccc3)nc(N)n3c(=O)n(Cc4ccc(F)cn4)nc23)cc(CO)n1. The second kappa shape index (κ2) is 8.49. The van der Waals surface area contributed by atoms with Gasteiger partial charge in [0, 0.05) is 11.3 Å². The monoisotopic (exact) mass is 457 g/mol. The molecule has 4 aromatic heterocycles. The van der Waals surface area contributed by atoms with Crippen LogP contribution in [0.5, 0.6) is 0 Å². The van der Waals surface area contributed by atoms with Gasteiger partial charge in [-0.2, -0.15) is 0 Å². The van der Waals surface area contributed by atoms with Crippen LogP contribution in [0.15, 0.2) is 65.6 Å². The van der Waals surface area contributed by atoms with E-state index in [1.54, 1.807) is 6.07 Å². The number of aliphatic hydroxyl groups excluding tert-OH is 1. The number of hydrogen-bond donors (Lipinski definition) is 2. The lowest BCUT2D eigenvalue weighted by atomic mass is 9.99. The molecule has 5 rings (SSSR count). The van der Waals surface area contributed by atoms with Gasteiger partial charge < -0.3 is 10.8 Å². The summed E-state index contributed by atoms with van der Waals surface area (Å²) in [5.74, 6) is -0.490. The van der Waals surface area contributed by atoms with E-state index >= 15 is 0 Å². The second-order valence-corrected chi connectivity index (χ2v) is 7.77. The number of rotatable bonds is 5. The minimum absolute atomic E-state index is 0.0194. The third-order valence-electron chi connectivity index (χ3n) is 5.36. The predicted molar refractivity (Wildman–Crippen MR) is 124 cm³/mol. The van der Waals surface area contributed by atoms with Crippen LogP contribution in [0.1, 0.15) is 17.1 Å². The van der Waals surface area contributed by atoms with Gasteiger partial charge in [-0.1, -0.05) is 30.3 Å². The van der Waals surface area contributed by atoms with Crippen molar-refractivity contribution in [3.8, 4) is 22.4 Å². The van der Waals surface area contributed by atoms with E-state index < -0.39 is 11.5 Å². The number of nitrogen functional groups attached to an aromatic ring is 1. The lowest BCUT2D eigenvalue weighted by Crippen LogP contribution is -2.24. The number of anilines is 1. The standard InChI is InChI=1S/C24H20FN7O2/c1-14-9-16(10-19(13-33)28-14)20-21(15-5-3-2-4-6-15)29-23(26)32-22(20)30-31(24(32)34)12-18-8-7-17(25)11-27-18/h2-11,33H,12-13H2,1H3,(H2,26,29). The van der Waals surface area contributed by atoms with Gasteiger partial charge >= 0.3 is 5.69 Å². The van der Waals surface area contributed by atoms with Crippen molar-refractivity contribution in [2.75, 3.05) is 5.73 Å². The molecule has 3 N–H and O–H groups in total. The number of benzene rings is 1. The number of nitrogens with two attached hydrogens (primary N) is 1. The molecule has 0 unspecified atom stereocenters. The number of fused-ring (bicyclic) bond motifs is 1. The molecule has 0 amide bonds. The molecule has 0 saturated carbocycles. The summed E-state index contributed by atoms with van der Waals surface area (Å²) in [7, 11) is 0. The van der Waals surface area contributed by atoms with Gasteiger partial charge in [0.1, 0.15) is 5.82 Å². The molecular formula is C24H20FN7O2. The average molecular weight is 457 g/mol. The van der Waals surface area contributed by atoms with Crippen LogP contribution in [0, 0.1) is 12.7 Å². The zero-order valence-corrected chi connectivity index (χ0v) is 18.2. The lowest BCUT2D eigenvalue weighted by molar-refractivity contribution is 0.276. The van der Waals surface area contributed by atoms with Gasteiger partial charge in [0.2, 0.25) is 5.95 Å². The maximum absolute atomic E-state index is 13.3. The molecule has 0 atom stereocenters. The van der Waals surface area contributed by atoms with Crippen LogP contribution >= 0.6 is 0 Å². The van der Waals surface area contributed by atoms with E-state index in [1.807, 2.05) is 43.3 Å². The summed E-state index contributed by atoms with van der Waals surface area (Å²) < 4.78 is 15.7. The van der Waals surface area contributed by atoms with E-state index in [2.05, 4.69) is 20.1 Å². The molecule has 170 valence electrons. The molecule has 0 spiro atoms. The summed E-state index contributed by atoms with van der Waals surface area (Å²) in [5.41, 5.74) is 10.2. The van der Waals surface area contributed by atoms with Crippen molar-refractivity contribution in [2.24, 2.45) is 0 Å². The minimum atomic E-state index is -0.500. The van der Waals surface area contributed by atoms with Gasteiger partial charge in [-0.15, -0.1) is 5.10 Å². The number of aromatic nitrogens is 6. The van der Waals surface area contributed by atoms with Crippen LogP contribution < -0.4 is 11.4 Å². The molecule has 9 nitrogen and oxygen atoms in total. The van der Waals surface area contributed by atoms with Crippen molar-refractivity contribution in [1.29, 1.82) is 0 Å². The Morgan fingerprint density at radius 3 is 2.53 bits per heavy atom. The lowest BCUT2D eigenvalue weighted by Gasteiger charge is -2.13. The van der Waals surface area contributed by atoms with E-state index in [1.165, 1.54) is 21.2 Å². The van der Waals surface area contributed by atoms with Crippen molar-refractivity contribution >= 4 is 11.6 Å². The predicted octanol–water partition coefficient (Wildman–Crippen LogP) is 2.59. The highest BCUT2D eigenvalue weighted by Crippen LogP contribution is 2.34. The molecule has 0 aliphatic heterocycles. The maximum Gasteiger partial charge on any atom is 0.353 e.